The van der Waals surface area contributed by atoms with Crippen LogP contribution >= 0.6 is 0 Å². The first kappa shape index (κ1) is 12.5. The number of nitrogens with one attached hydrogen (secondary N) is 1. The lowest BCUT2D eigenvalue weighted by atomic mass is 9.91. The summed E-state index contributed by atoms with van der Waals surface area (Å²) >= 11 is 0. The number of hydrogen-bond donors (Lipinski definition) is 2. The number of amides is 1. The molecule has 1 amide bonds. The minimum Gasteiger partial charge on any atom is -0.353 e. The fraction of sp³-hybridized carbons (Fsp3) is 0.917. The van der Waals surface area contributed by atoms with Gasteiger partial charge < -0.3 is 11.1 Å². The minimum absolute atomic E-state index is 0.0874. The molecule has 1 rings (SSSR count). The quantitative estimate of drug-likeness (QED) is 0.744. The Bertz CT molecular complexity index is 220. The first-order valence-electron chi connectivity index (χ1n) is 5.98. The highest BCUT2D eigenvalue weighted by molar-refractivity contribution is 5.82. The van der Waals surface area contributed by atoms with Gasteiger partial charge in [0.05, 0.1) is 5.41 Å². The molecule has 1 unspecified atom stereocenters. The lowest BCUT2D eigenvalue weighted by Crippen LogP contribution is -2.47. The third-order valence-electron chi connectivity index (χ3n) is 3.59. The van der Waals surface area contributed by atoms with Crippen LogP contribution in [-0.2, 0) is 4.79 Å². The van der Waals surface area contributed by atoms with E-state index in [1.165, 1.54) is 25.7 Å². The van der Waals surface area contributed by atoms with Gasteiger partial charge in [0.15, 0.2) is 0 Å². The molecule has 0 saturated heterocycles. The molecule has 1 fully saturated rings. The molecule has 1 atom stereocenters. The van der Waals surface area contributed by atoms with Crippen LogP contribution in [0.2, 0.25) is 0 Å². The lowest BCUT2D eigenvalue weighted by Gasteiger charge is -2.27. The fourth-order valence-electron chi connectivity index (χ4n) is 2.07. The van der Waals surface area contributed by atoms with Crippen molar-refractivity contribution in [1.82, 2.24) is 5.32 Å². The Labute approximate surface area is 92.8 Å². The second kappa shape index (κ2) is 4.97. The fourth-order valence-corrected chi connectivity index (χ4v) is 2.07. The van der Waals surface area contributed by atoms with Crippen LogP contribution in [0.1, 0.15) is 46.5 Å². The normalized spacial score (nSPS) is 20.3. The van der Waals surface area contributed by atoms with Gasteiger partial charge in [-0.25, -0.2) is 0 Å². The smallest absolute Gasteiger partial charge is 0.227 e. The third kappa shape index (κ3) is 3.20. The van der Waals surface area contributed by atoms with Crippen molar-refractivity contribution >= 4 is 5.91 Å². The van der Waals surface area contributed by atoms with E-state index in [0.29, 0.717) is 18.5 Å². The van der Waals surface area contributed by atoms with Crippen molar-refractivity contribution in [1.29, 1.82) is 0 Å². The predicted octanol–water partition coefficient (Wildman–Crippen LogP) is 1.67. The molecule has 0 spiro atoms. The van der Waals surface area contributed by atoms with Crippen molar-refractivity contribution in [2.45, 2.75) is 52.5 Å². The van der Waals surface area contributed by atoms with Gasteiger partial charge in [0.25, 0.3) is 0 Å². The monoisotopic (exact) mass is 212 g/mol. The van der Waals surface area contributed by atoms with Gasteiger partial charge in [-0.05, 0) is 39.5 Å². The van der Waals surface area contributed by atoms with Gasteiger partial charge >= 0.3 is 0 Å². The molecule has 0 aromatic carbocycles. The first-order chi connectivity index (χ1) is 6.97. The van der Waals surface area contributed by atoms with Gasteiger partial charge in [-0.2, -0.15) is 0 Å². The number of carbonyl (C=O) groups excluding carboxylic acids is 1. The molecule has 1 aliphatic rings. The molecule has 1 aliphatic carbocycles. The Hall–Kier alpha value is -0.570. The molecule has 0 aromatic rings. The van der Waals surface area contributed by atoms with Gasteiger partial charge in [0.2, 0.25) is 5.91 Å². The summed E-state index contributed by atoms with van der Waals surface area (Å²) < 4.78 is 0. The van der Waals surface area contributed by atoms with Crippen molar-refractivity contribution in [3.63, 3.8) is 0 Å². The molecular weight excluding hydrogens is 188 g/mol. The van der Waals surface area contributed by atoms with Crippen molar-refractivity contribution in [3.8, 4) is 0 Å². The van der Waals surface area contributed by atoms with E-state index < -0.39 is 5.41 Å². The zero-order chi connectivity index (χ0) is 11.5. The molecule has 3 heteroatoms. The Balaban J connectivity index is 2.43. The summed E-state index contributed by atoms with van der Waals surface area (Å²) in [6.45, 7) is 6.30. The summed E-state index contributed by atoms with van der Waals surface area (Å²) in [5.41, 5.74) is 5.14. The molecule has 0 radical (unpaired) electrons. The second-order valence-corrected chi connectivity index (χ2v) is 5.39. The van der Waals surface area contributed by atoms with E-state index >= 15 is 0 Å². The zero-order valence-corrected chi connectivity index (χ0v) is 10.2. The maximum absolute atomic E-state index is 11.9. The van der Waals surface area contributed by atoms with E-state index in [-0.39, 0.29) is 5.91 Å². The minimum atomic E-state index is -0.438. The van der Waals surface area contributed by atoms with Crippen molar-refractivity contribution in [2.75, 3.05) is 6.54 Å². The summed E-state index contributed by atoms with van der Waals surface area (Å²) in [6, 6.07) is 0.297. The SMILES string of the molecule is CC(NC(=O)C(C)(C)CN)C1CCCC1. The van der Waals surface area contributed by atoms with Gasteiger partial charge in [-0.3, -0.25) is 4.79 Å². The Morgan fingerprint density at radius 2 is 2.00 bits per heavy atom. The van der Waals surface area contributed by atoms with E-state index in [2.05, 4.69) is 12.2 Å². The second-order valence-electron chi connectivity index (χ2n) is 5.39. The van der Waals surface area contributed by atoms with E-state index in [0.717, 1.165) is 0 Å². The predicted molar refractivity (Wildman–Crippen MR) is 62.4 cm³/mol. The molecule has 0 aliphatic heterocycles. The summed E-state index contributed by atoms with van der Waals surface area (Å²) in [4.78, 5) is 11.9. The highest BCUT2D eigenvalue weighted by atomic mass is 16.2. The molecule has 88 valence electrons. The number of carbonyl (C=O) groups is 1. The molecule has 1 saturated carbocycles. The van der Waals surface area contributed by atoms with Crippen LogP contribution in [0.5, 0.6) is 0 Å². The van der Waals surface area contributed by atoms with Gasteiger partial charge in [-0.15, -0.1) is 0 Å². The van der Waals surface area contributed by atoms with Crippen LogP contribution in [0.15, 0.2) is 0 Å². The van der Waals surface area contributed by atoms with E-state index in [1.807, 2.05) is 13.8 Å². The molecule has 3 N–H and O–H groups in total. The third-order valence-corrected chi connectivity index (χ3v) is 3.59. The van der Waals surface area contributed by atoms with Crippen LogP contribution < -0.4 is 11.1 Å². The molecule has 3 nitrogen and oxygen atoms in total. The van der Waals surface area contributed by atoms with E-state index in [1.54, 1.807) is 0 Å². The average Bonchev–Trinajstić information content (AvgIpc) is 2.70. The average molecular weight is 212 g/mol. The number of nitrogens with two attached hydrogens (primary N) is 1. The molecule has 0 heterocycles. The molecule has 0 aromatic heterocycles. The maximum atomic E-state index is 11.9. The van der Waals surface area contributed by atoms with Crippen LogP contribution in [0.25, 0.3) is 0 Å². The maximum Gasteiger partial charge on any atom is 0.227 e. The Morgan fingerprint density at radius 1 is 1.47 bits per heavy atom. The largest absolute Gasteiger partial charge is 0.353 e. The van der Waals surface area contributed by atoms with Crippen LogP contribution in [0.3, 0.4) is 0 Å². The van der Waals surface area contributed by atoms with Crippen molar-refractivity contribution in [3.05, 3.63) is 0 Å². The van der Waals surface area contributed by atoms with Gasteiger partial charge in [0.1, 0.15) is 0 Å². The van der Waals surface area contributed by atoms with Crippen LogP contribution in [0.4, 0.5) is 0 Å². The van der Waals surface area contributed by atoms with Crippen LogP contribution in [0, 0.1) is 11.3 Å². The molecular formula is C12H24N2O. The van der Waals surface area contributed by atoms with Gasteiger partial charge in [-0.1, -0.05) is 12.8 Å². The molecule has 0 bridgehead atoms. The highest BCUT2D eigenvalue weighted by Gasteiger charge is 2.29. The van der Waals surface area contributed by atoms with Crippen molar-refractivity contribution < 1.29 is 4.79 Å². The lowest BCUT2D eigenvalue weighted by molar-refractivity contribution is -0.129. The zero-order valence-electron chi connectivity index (χ0n) is 10.2. The first-order valence-corrected chi connectivity index (χ1v) is 5.98. The number of hydrogen-bond acceptors (Lipinski definition) is 2. The van der Waals surface area contributed by atoms with E-state index in [9.17, 15) is 4.79 Å². The number of rotatable bonds is 4. The Morgan fingerprint density at radius 3 is 2.47 bits per heavy atom. The summed E-state index contributed by atoms with van der Waals surface area (Å²) in [7, 11) is 0. The topological polar surface area (TPSA) is 55.1 Å². The summed E-state index contributed by atoms with van der Waals surface area (Å²) in [5, 5.41) is 3.09. The Kier molecular flexibility index (Phi) is 4.14. The standard InChI is InChI=1S/C12H24N2O/c1-9(10-6-4-5-7-10)14-11(15)12(2,3)8-13/h9-10H,4-8,13H2,1-3H3,(H,14,15). The van der Waals surface area contributed by atoms with Crippen molar-refractivity contribution in [2.24, 2.45) is 17.1 Å². The summed E-state index contributed by atoms with van der Waals surface area (Å²) in [5.74, 6) is 0.756. The van der Waals surface area contributed by atoms with Gasteiger partial charge in [0, 0.05) is 12.6 Å². The van der Waals surface area contributed by atoms with Crippen LogP contribution in [-0.4, -0.2) is 18.5 Å². The molecule has 15 heavy (non-hydrogen) atoms. The van der Waals surface area contributed by atoms with E-state index in [4.69, 9.17) is 5.73 Å². The highest BCUT2D eigenvalue weighted by Crippen LogP contribution is 2.28. The summed E-state index contributed by atoms with van der Waals surface area (Å²) in [6.07, 6.45) is 5.13.